The predicted molar refractivity (Wildman–Crippen MR) is 354 cm³/mol. The van der Waals surface area contributed by atoms with E-state index in [9.17, 15) is 55.1 Å². The van der Waals surface area contributed by atoms with Gasteiger partial charge in [-0.2, -0.15) is 26.3 Å². The quantitative estimate of drug-likeness (QED) is 0.0314. The summed E-state index contributed by atoms with van der Waals surface area (Å²) in [5.41, 5.74) is 13.6. The average molecular weight is 1360 g/mol. The highest BCUT2D eigenvalue weighted by atomic mass is 19.4. The van der Waals surface area contributed by atoms with Gasteiger partial charge in [0.1, 0.15) is 30.9 Å². The second-order valence-electron chi connectivity index (χ2n) is 23.8. The van der Waals surface area contributed by atoms with Crippen molar-refractivity contribution in [2.24, 2.45) is 29.4 Å². The smallest absolute Gasteiger partial charge is 0.446 e. The van der Waals surface area contributed by atoms with Gasteiger partial charge in [0.2, 0.25) is 30.0 Å². The lowest BCUT2D eigenvalue weighted by molar-refractivity contribution is -0.159. The molecule has 0 bridgehead atoms. The molecule has 19 nitrogen and oxygen atoms in total. The highest BCUT2D eigenvalue weighted by Crippen LogP contribution is 2.35. The third-order valence-electron chi connectivity index (χ3n) is 16.2. The van der Waals surface area contributed by atoms with Gasteiger partial charge in [-0.1, -0.05) is 115 Å². The van der Waals surface area contributed by atoms with E-state index in [1.165, 1.54) is 39.8 Å². The van der Waals surface area contributed by atoms with Gasteiger partial charge in [0.15, 0.2) is 0 Å². The van der Waals surface area contributed by atoms with Gasteiger partial charge in [0.25, 0.3) is 0 Å². The number of hydrogen-bond donors (Lipinski definition) is 8. The van der Waals surface area contributed by atoms with Crippen LogP contribution in [0, 0.1) is 30.2 Å². The molecular formula is C70H108F6N6O13. The Balaban J connectivity index is 0. The molecule has 2 heterocycles. The topological polar surface area (TPSA) is 312 Å². The number of ether oxygens (including phenoxy) is 2. The minimum absolute atomic E-state index is 0. The van der Waals surface area contributed by atoms with Crippen LogP contribution in [0.15, 0.2) is 72.8 Å². The maximum Gasteiger partial charge on any atom is 0.446 e. The van der Waals surface area contributed by atoms with E-state index in [2.05, 4.69) is 71.8 Å². The summed E-state index contributed by atoms with van der Waals surface area (Å²) in [4.78, 5) is 84.7. The highest BCUT2D eigenvalue weighted by molar-refractivity contribution is 5.91. The lowest BCUT2D eigenvalue weighted by atomic mass is 9.86. The zero-order valence-electron chi connectivity index (χ0n) is 54.6. The SMILES string of the molecule is C.C.CC(C)CCC=O.COC(C)CCC(CC(=O)[C@@H](C)CCO)C(=O)N[C@@H]1CCCc2ccccc21.C[C@@H](CCO)C(=O)O.N.N[C@H]1CCO[C@H]2CCC(C(=O)N[C@@H]3CCCc4ccccc43)N2C1=O.O=CC(F)(F)F.OCC(F)(F)F.[C-]#[N+][C@@H]1CCCc2ccccc21. The number of carboxylic acid groups (broad SMARTS) is 1. The molecule has 3 amide bonds. The van der Waals surface area contributed by atoms with E-state index < -0.39 is 49.2 Å². The van der Waals surface area contributed by atoms with Crippen LogP contribution >= 0.6 is 0 Å². The number of Topliss-reactive ketones (excluding diaryl/α,β-unsaturated/α-hetero) is 1. The van der Waals surface area contributed by atoms with E-state index in [1.54, 1.807) is 18.9 Å². The molecule has 2 fully saturated rings. The molecule has 2 saturated heterocycles. The Kier molecular flexibility index (Phi) is 45.8. The molecule has 0 saturated carbocycles. The Morgan fingerprint density at radius 2 is 1.19 bits per heavy atom. The normalized spacial score (nSPS) is 20.0. The molecule has 2 aliphatic heterocycles. The van der Waals surface area contributed by atoms with Crippen molar-refractivity contribution in [3.8, 4) is 0 Å². The summed E-state index contributed by atoms with van der Waals surface area (Å²) >= 11 is 0. The number of aliphatic carboxylic acids is 1. The van der Waals surface area contributed by atoms with Crippen molar-refractivity contribution in [2.75, 3.05) is 33.5 Å². The number of amides is 3. The van der Waals surface area contributed by atoms with Crippen molar-refractivity contribution in [3.63, 3.8) is 0 Å². The van der Waals surface area contributed by atoms with Crippen molar-refractivity contribution in [1.29, 1.82) is 0 Å². The number of benzene rings is 3. The van der Waals surface area contributed by atoms with Crippen LogP contribution in [-0.2, 0) is 62.3 Å². The van der Waals surface area contributed by atoms with E-state index in [0.717, 1.165) is 76.9 Å². The molecule has 11 N–H and O–H groups in total. The maximum atomic E-state index is 13.1. The van der Waals surface area contributed by atoms with Crippen molar-refractivity contribution < 1.29 is 89.8 Å². The number of aliphatic hydroxyl groups is 3. The van der Waals surface area contributed by atoms with Gasteiger partial charge in [0, 0.05) is 57.0 Å². The van der Waals surface area contributed by atoms with Crippen molar-refractivity contribution in [3.05, 3.63) is 118 Å². The number of alkyl halides is 6. The second kappa shape index (κ2) is 48.1. The predicted octanol–water partition coefficient (Wildman–Crippen LogP) is 12.3. The minimum atomic E-state index is -4.64. The summed E-state index contributed by atoms with van der Waals surface area (Å²) in [5, 5.41) is 39.2. The molecule has 3 aromatic carbocycles. The van der Waals surface area contributed by atoms with Crippen LogP contribution in [0.3, 0.4) is 0 Å². The van der Waals surface area contributed by atoms with Crippen LogP contribution in [0.4, 0.5) is 26.3 Å². The fraction of sp³-hybridized carbons (Fsp3) is 0.629. The first-order valence-electron chi connectivity index (χ1n) is 31.6. The maximum absolute atomic E-state index is 13.1. The summed E-state index contributed by atoms with van der Waals surface area (Å²) < 4.78 is 73.9. The largest absolute Gasteiger partial charge is 0.481 e. The summed E-state index contributed by atoms with van der Waals surface area (Å²) in [5.74, 6) is -1.43. The Bertz CT molecular complexity index is 2750. The van der Waals surface area contributed by atoms with Gasteiger partial charge in [-0.3, -0.25) is 28.8 Å². The first-order chi connectivity index (χ1) is 43.6. The summed E-state index contributed by atoms with van der Waals surface area (Å²) in [7, 11) is 1.66. The molecule has 8 rings (SSSR count). The Hall–Kier alpha value is -6.66. The third-order valence-corrected chi connectivity index (χ3v) is 16.2. The number of fused-ring (bicyclic) bond motifs is 4. The first kappa shape index (κ1) is 90.4. The van der Waals surface area contributed by atoms with E-state index in [-0.39, 0.29) is 106 Å². The molecule has 0 spiro atoms. The van der Waals surface area contributed by atoms with Gasteiger partial charge in [-0.25, -0.2) is 6.57 Å². The van der Waals surface area contributed by atoms with Gasteiger partial charge in [0.05, 0.1) is 36.8 Å². The number of ketones is 1. The Labute approximate surface area is 558 Å². The van der Waals surface area contributed by atoms with Gasteiger partial charge in [-0.05, 0) is 143 Å². The van der Waals surface area contributed by atoms with Crippen LogP contribution in [0.1, 0.15) is 204 Å². The molecule has 10 atom stereocenters. The number of carbonyl (C=O) groups is 7. The molecule has 95 heavy (non-hydrogen) atoms. The van der Waals surface area contributed by atoms with Crippen molar-refractivity contribution >= 4 is 42.0 Å². The molecule has 25 heteroatoms. The lowest BCUT2D eigenvalue weighted by Crippen LogP contribution is -2.53. The Morgan fingerprint density at radius 1 is 0.716 bits per heavy atom. The summed E-state index contributed by atoms with van der Waals surface area (Å²) in [6, 6.07) is 24.0. The van der Waals surface area contributed by atoms with Crippen molar-refractivity contribution in [2.45, 2.75) is 226 Å². The van der Waals surface area contributed by atoms with E-state index in [4.69, 9.17) is 47.0 Å². The second-order valence-corrected chi connectivity index (χ2v) is 23.8. The highest BCUT2D eigenvalue weighted by Gasteiger charge is 2.45. The van der Waals surface area contributed by atoms with Gasteiger partial charge < -0.3 is 67.0 Å². The van der Waals surface area contributed by atoms with Crippen LogP contribution in [0.2, 0.25) is 0 Å². The number of methoxy groups -OCH3 is 1. The molecule has 3 unspecified atom stereocenters. The average Bonchev–Trinajstić information content (AvgIpc) is 1.71. The number of aldehydes is 2. The molecule has 538 valence electrons. The fourth-order valence-corrected chi connectivity index (χ4v) is 10.8. The standard InChI is InChI=1S/C23H35NO4.C19H25N3O3.C11H11N.C6H12O.C5H10O3.C2H3F3O.C2HF3O.2CH4.H3N/c1-16(13-14-25)22(26)15-19(12-11-17(2)28-3)23(27)24-21-10-6-8-18-7-4-5-9-20(18)21;20-14-10-11-25-17-9-8-16(22(17)19(14)24)18(23)21-15-7-3-5-12-4-1-2-6-13(12)15;1-12-11-8-4-6-9-5-2-3-7-10(9)11;1-6(2)4-3-5-7;1-4(2-3-6)5(7)8;2*3-2(4,5)1-6;;;/h4-5,7,9,16-17,19,21,25H,6,8,10-15H2,1-3H3,(H,24,27);1-2,4,6,14-17H,3,5,7-11,20H2,(H,21,23);2-3,5,7,11H,4,6,8H2;5-6H,3-4H2,1-2H3;4,6H,2-3H2,1H3,(H,7,8);6H,1H2;1H;2*1H4;1H3/t16-,17?,19?,21+;14-,15+,16?,17-;11-;;4-;;;;;/m001.0...../s1. The lowest BCUT2D eigenvalue weighted by Gasteiger charge is -2.31. The Morgan fingerprint density at radius 3 is 1.62 bits per heavy atom. The third kappa shape index (κ3) is 34.2. The molecular weight excluding hydrogens is 1250 g/mol. The van der Waals surface area contributed by atoms with Crippen LogP contribution in [-0.4, -0.2) is 138 Å². The number of nitrogens with two attached hydrogens (primary N) is 1. The van der Waals surface area contributed by atoms with Crippen LogP contribution in [0.25, 0.3) is 4.85 Å². The molecule has 0 radical (unpaired) electrons. The zero-order chi connectivity index (χ0) is 69.0. The number of hydrogen-bond acceptors (Lipinski definition) is 14. The van der Waals surface area contributed by atoms with Gasteiger partial charge >= 0.3 is 18.3 Å². The van der Waals surface area contributed by atoms with E-state index in [0.29, 0.717) is 51.0 Å². The zero-order valence-corrected chi connectivity index (χ0v) is 54.6. The molecule has 3 aromatic rings. The van der Waals surface area contributed by atoms with Crippen LogP contribution in [0.5, 0.6) is 0 Å². The van der Waals surface area contributed by atoms with Gasteiger partial charge in [-0.15, -0.1) is 0 Å². The minimum Gasteiger partial charge on any atom is -0.481 e. The monoisotopic (exact) mass is 1350 g/mol. The van der Waals surface area contributed by atoms with Crippen LogP contribution < -0.4 is 22.5 Å². The number of carboxylic acids is 1. The number of halogens is 6. The number of aliphatic hydroxyl groups excluding tert-OH is 3. The fourth-order valence-electron chi connectivity index (χ4n) is 10.8. The summed E-state index contributed by atoms with van der Waals surface area (Å²) in [6.45, 7) is 15.3. The molecule has 0 aromatic heterocycles. The number of carbonyl (C=O) groups excluding carboxylic acids is 6. The van der Waals surface area contributed by atoms with Crippen molar-refractivity contribution in [1.82, 2.24) is 21.7 Å². The number of nitrogens with zero attached hydrogens (tertiary/aromatic N) is 2. The first-order valence-corrected chi connectivity index (χ1v) is 31.6. The number of aryl methyl sites for hydroxylation is 3. The van der Waals surface area contributed by atoms with E-state index in [1.807, 2.05) is 44.2 Å². The number of nitrogens with one attached hydrogen (secondary N) is 2. The molecule has 3 aliphatic carbocycles. The summed E-state index contributed by atoms with van der Waals surface area (Å²) in [6.07, 6.45) is 6.00. The van der Waals surface area contributed by atoms with E-state index >= 15 is 0 Å². The molecule has 5 aliphatic rings. The number of rotatable bonds is 19.